The molecule has 0 unspecified atom stereocenters. The van der Waals surface area contributed by atoms with Gasteiger partial charge in [-0.1, -0.05) is 32.6 Å². The van der Waals surface area contributed by atoms with E-state index in [0.717, 1.165) is 12.3 Å². The topological polar surface area (TPSA) is 26.5 Å². The van der Waals surface area contributed by atoms with Gasteiger partial charge in [-0.15, -0.1) is 0 Å². The Labute approximate surface area is 74.8 Å². The molecule has 1 aliphatic rings. The molecule has 0 aromatic heterocycles. The normalized spacial score (nSPS) is 14.6. The summed E-state index contributed by atoms with van der Waals surface area (Å²) in [5, 5.41) is 4.12. The lowest BCUT2D eigenvalue weighted by atomic mass is 10.1. The summed E-state index contributed by atoms with van der Waals surface area (Å²) in [7, 11) is 0. The Bertz CT molecular complexity index is 171. The van der Waals surface area contributed by atoms with Gasteiger partial charge in [0.15, 0.2) is 0 Å². The molecule has 0 bridgehead atoms. The van der Waals surface area contributed by atoms with Crippen molar-refractivity contribution in [3.63, 3.8) is 0 Å². The second kappa shape index (κ2) is 5.81. The highest BCUT2D eigenvalue weighted by Gasteiger charge is 2.00. The van der Waals surface area contributed by atoms with Gasteiger partial charge in [-0.05, 0) is 6.42 Å². The molecule has 67 valence electrons. The molecule has 0 saturated heterocycles. The SMILES string of the molecule is CCCCCCCC1=NC=C[N]1. The number of hydrogen-bond donors (Lipinski definition) is 0. The predicted molar refractivity (Wildman–Crippen MR) is 52.1 cm³/mol. The molecule has 0 aromatic rings. The van der Waals surface area contributed by atoms with Crippen LogP contribution in [0.25, 0.3) is 0 Å². The van der Waals surface area contributed by atoms with Crippen molar-refractivity contribution in [3.8, 4) is 0 Å². The highest BCUT2D eigenvalue weighted by atomic mass is 15.0. The van der Waals surface area contributed by atoms with Crippen LogP contribution in [0.3, 0.4) is 0 Å². The van der Waals surface area contributed by atoms with Crippen molar-refractivity contribution >= 4 is 5.84 Å². The first-order valence-corrected chi connectivity index (χ1v) is 4.86. The molecule has 0 amide bonds. The summed E-state index contributed by atoms with van der Waals surface area (Å²) in [6.07, 6.45) is 11.2. The third-order valence-electron chi connectivity index (χ3n) is 2.02. The maximum Gasteiger partial charge on any atom is 0.128 e. The predicted octanol–water partition coefficient (Wildman–Crippen LogP) is 2.83. The molecular formula is C10H17N2. The fourth-order valence-corrected chi connectivity index (χ4v) is 1.29. The molecule has 12 heavy (non-hydrogen) atoms. The van der Waals surface area contributed by atoms with Gasteiger partial charge in [0.05, 0.1) is 0 Å². The lowest BCUT2D eigenvalue weighted by Gasteiger charge is -1.99. The Morgan fingerprint density at radius 1 is 1.08 bits per heavy atom. The highest BCUT2D eigenvalue weighted by molar-refractivity contribution is 5.84. The molecule has 0 atom stereocenters. The zero-order chi connectivity index (χ0) is 8.65. The van der Waals surface area contributed by atoms with Crippen LogP contribution in [0, 0.1) is 0 Å². The van der Waals surface area contributed by atoms with Crippen molar-refractivity contribution in [2.24, 2.45) is 4.99 Å². The third kappa shape index (κ3) is 3.56. The summed E-state index contributed by atoms with van der Waals surface area (Å²) in [5.74, 6) is 1.01. The average molecular weight is 165 g/mol. The Hall–Kier alpha value is -0.790. The zero-order valence-electron chi connectivity index (χ0n) is 7.79. The summed E-state index contributed by atoms with van der Waals surface area (Å²) in [4.78, 5) is 4.12. The number of amidine groups is 1. The van der Waals surface area contributed by atoms with Crippen LogP contribution in [-0.2, 0) is 0 Å². The summed E-state index contributed by atoms with van der Waals surface area (Å²) >= 11 is 0. The third-order valence-corrected chi connectivity index (χ3v) is 2.02. The summed E-state index contributed by atoms with van der Waals surface area (Å²) in [5.41, 5.74) is 0. The molecule has 0 aliphatic carbocycles. The van der Waals surface area contributed by atoms with Gasteiger partial charge < -0.3 is 0 Å². The van der Waals surface area contributed by atoms with E-state index < -0.39 is 0 Å². The minimum absolute atomic E-state index is 1.01. The van der Waals surface area contributed by atoms with E-state index in [4.69, 9.17) is 0 Å². The van der Waals surface area contributed by atoms with Crippen molar-refractivity contribution < 1.29 is 0 Å². The first kappa shape index (κ1) is 9.30. The molecule has 2 heteroatoms. The van der Waals surface area contributed by atoms with E-state index in [0.29, 0.717) is 0 Å². The lowest BCUT2D eigenvalue weighted by Crippen LogP contribution is -2.05. The minimum atomic E-state index is 1.01. The van der Waals surface area contributed by atoms with Gasteiger partial charge in [0, 0.05) is 18.8 Å². The van der Waals surface area contributed by atoms with Crippen LogP contribution in [0.5, 0.6) is 0 Å². The maximum atomic E-state index is 4.12. The number of rotatable bonds is 6. The van der Waals surface area contributed by atoms with Crippen molar-refractivity contribution in [3.05, 3.63) is 12.4 Å². The van der Waals surface area contributed by atoms with Crippen LogP contribution in [0.4, 0.5) is 0 Å². The first-order chi connectivity index (χ1) is 5.93. The van der Waals surface area contributed by atoms with Crippen molar-refractivity contribution in [1.29, 1.82) is 0 Å². The molecule has 0 saturated carbocycles. The van der Waals surface area contributed by atoms with Gasteiger partial charge in [0.1, 0.15) is 5.84 Å². The summed E-state index contributed by atoms with van der Waals surface area (Å²) < 4.78 is 0. The first-order valence-electron chi connectivity index (χ1n) is 4.86. The molecule has 0 N–H and O–H groups in total. The van der Waals surface area contributed by atoms with E-state index in [1.165, 1.54) is 32.1 Å². The highest BCUT2D eigenvalue weighted by Crippen LogP contribution is 2.06. The van der Waals surface area contributed by atoms with E-state index in [2.05, 4.69) is 17.2 Å². The Kier molecular flexibility index (Phi) is 4.50. The molecule has 0 spiro atoms. The monoisotopic (exact) mass is 165 g/mol. The van der Waals surface area contributed by atoms with Gasteiger partial charge in [-0.25, -0.2) is 10.3 Å². The van der Waals surface area contributed by atoms with Gasteiger partial charge in [-0.3, -0.25) is 0 Å². The van der Waals surface area contributed by atoms with E-state index >= 15 is 0 Å². The van der Waals surface area contributed by atoms with Crippen LogP contribution in [0.15, 0.2) is 17.4 Å². The second-order valence-electron chi connectivity index (χ2n) is 3.14. The quantitative estimate of drug-likeness (QED) is 0.541. The Morgan fingerprint density at radius 2 is 1.92 bits per heavy atom. The van der Waals surface area contributed by atoms with E-state index in [1.54, 1.807) is 12.4 Å². The molecule has 1 rings (SSSR count). The van der Waals surface area contributed by atoms with E-state index in [1.807, 2.05) is 0 Å². The standard InChI is InChI=1S/C10H17N2/c1-2-3-4-5-6-7-10-11-8-9-12-10/h8-9H,2-7H2,1H3. The largest absolute Gasteiger partial charge is 0.240 e. The fraction of sp³-hybridized carbons (Fsp3) is 0.700. The number of unbranched alkanes of at least 4 members (excludes halogenated alkanes) is 4. The smallest absolute Gasteiger partial charge is 0.128 e. The molecule has 0 fully saturated rings. The lowest BCUT2D eigenvalue weighted by molar-refractivity contribution is 0.641. The molecule has 1 heterocycles. The molecule has 1 radical (unpaired) electrons. The fourth-order valence-electron chi connectivity index (χ4n) is 1.29. The van der Waals surface area contributed by atoms with Gasteiger partial charge in [-0.2, -0.15) is 0 Å². The number of hydrogen-bond acceptors (Lipinski definition) is 1. The van der Waals surface area contributed by atoms with Crippen LogP contribution >= 0.6 is 0 Å². The van der Waals surface area contributed by atoms with E-state index in [-0.39, 0.29) is 0 Å². The van der Waals surface area contributed by atoms with Crippen LogP contribution in [-0.4, -0.2) is 5.84 Å². The molecule has 2 nitrogen and oxygen atoms in total. The summed E-state index contributed by atoms with van der Waals surface area (Å²) in [6.45, 7) is 2.24. The van der Waals surface area contributed by atoms with Gasteiger partial charge in [0.2, 0.25) is 0 Å². The van der Waals surface area contributed by atoms with Crippen molar-refractivity contribution in [1.82, 2.24) is 5.32 Å². The number of nitrogens with zero attached hydrogens (tertiary/aromatic N) is 2. The van der Waals surface area contributed by atoms with E-state index in [9.17, 15) is 0 Å². The van der Waals surface area contributed by atoms with Crippen LogP contribution in [0.2, 0.25) is 0 Å². The second-order valence-corrected chi connectivity index (χ2v) is 3.14. The molecule has 0 aromatic carbocycles. The van der Waals surface area contributed by atoms with Crippen LogP contribution < -0.4 is 5.32 Å². The Morgan fingerprint density at radius 3 is 2.58 bits per heavy atom. The van der Waals surface area contributed by atoms with Crippen molar-refractivity contribution in [2.75, 3.05) is 0 Å². The van der Waals surface area contributed by atoms with Crippen LogP contribution in [0.1, 0.15) is 45.4 Å². The number of aliphatic imine (C=N–C) groups is 1. The molecule has 1 aliphatic heterocycles. The van der Waals surface area contributed by atoms with Gasteiger partial charge in [0.25, 0.3) is 0 Å². The zero-order valence-corrected chi connectivity index (χ0v) is 7.79. The Balaban J connectivity index is 1.89. The molecular weight excluding hydrogens is 148 g/mol. The minimum Gasteiger partial charge on any atom is -0.240 e. The van der Waals surface area contributed by atoms with Gasteiger partial charge >= 0.3 is 0 Å². The van der Waals surface area contributed by atoms with Crippen molar-refractivity contribution in [2.45, 2.75) is 45.4 Å². The summed E-state index contributed by atoms with van der Waals surface area (Å²) in [6, 6.07) is 0. The average Bonchev–Trinajstić information content (AvgIpc) is 2.57. The maximum absolute atomic E-state index is 4.12.